The Balaban J connectivity index is 1.83. The van der Waals surface area contributed by atoms with E-state index in [0.29, 0.717) is 6.04 Å². The minimum atomic E-state index is 0.331. The number of anilines is 1. The smallest absolute Gasteiger partial charge is 0.133 e. The SMILES string of the molecule is Cc1nc([C@H]2CCCN2Cc2cc(C)on2)cc(N(C)C)n1. The highest BCUT2D eigenvalue weighted by Gasteiger charge is 2.28. The van der Waals surface area contributed by atoms with Gasteiger partial charge in [0.25, 0.3) is 0 Å². The molecule has 6 nitrogen and oxygen atoms in total. The van der Waals surface area contributed by atoms with E-state index in [1.807, 2.05) is 38.9 Å². The standard InChI is InChI=1S/C16H23N5O/c1-11-8-13(19-22-11)10-21-7-5-6-15(21)14-9-16(20(3)4)18-12(2)17-14/h8-9,15H,5-7,10H2,1-4H3/t15-/m1/s1. The maximum absolute atomic E-state index is 5.18. The van der Waals surface area contributed by atoms with Gasteiger partial charge in [0.2, 0.25) is 0 Å². The van der Waals surface area contributed by atoms with Gasteiger partial charge >= 0.3 is 0 Å². The van der Waals surface area contributed by atoms with Crippen LogP contribution in [0.3, 0.4) is 0 Å². The first kappa shape index (κ1) is 15.0. The summed E-state index contributed by atoms with van der Waals surface area (Å²) in [4.78, 5) is 13.6. The summed E-state index contributed by atoms with van der Waals surface area (Å²) in [5, 5.41) is 4.11. The van der Waals surface area contributed by atoms with Crippen LogP contribution in [0.4, 0.5) is 5.82 Å². The Bertz CT molecular complexity index is 652. The van der Waals surface area contributed by atoms with Crippen molar-refractivity contribution < 1.29 is 4.52 Å². The third-order valence-electron chi connectivity index (χ3n) is 4.05. The summed E-state index contributed by atoms with van der Waals surface area (Å²) < 4.78 is 5.18. The highest BCUT2D eigenvalue weighted by molar-refractivity contribution is 5.38. The minimum absolute atomic E-state index is 0.331. The molecule has 6 heteroatoms. The third-order valence-corrected chi connectivity index (χ3v) is 4.05. The number of likely N-dealkylation sites (tertiary alicyclic amines) is 1. The Kier molecular flexibility index (Phi) is 4.11. The molecule has 22 heavy (non-hydrogen) atoms. The number of hydrogen-bond donors (Lipinski definition) is 0. The van der Waals surface area contributed by atoms with Gasteiger partial charge in [-0.05, 0) is 33.2 Å². The fraction of sp³-hybridized carbons (Fsp3) is 0.562. The van der Waals surface area contributed by atoms with Gasteiger partial charge in [-0.25, -0.2) is 9.97 Å². The summed E-state index contributed by atoms with van der Waals surface area (Å²) in [6.45, 7) is 5.76. The fourth-order valence-corrected chi connectivity index (χ4v) is 3.03. The van der Waals surface area contributed by atoms with Crippen molar-refractivity contribution in [1.29, 1.82) is 0 Å². The van der Waals surface area contributed by atoms with Gasteiger partial charge in [-0.3, -0.25) is 4.90 Å². The Morgan fingerprint density at radius 3 is 2.77 bits per heavy atom. The van der Waals surface area contributed by atoms with Gasteiger partial charge in [-0.2, -0.15) is 0 Å². The van der Waals surface area contributed by atoms with Crippen LogP contribution in [0.5, 0.6) is 0 Å². The van der Waals surface area contributed by atoms with Crippen LogP contribution >= 0.6 is 0 Å². The molecule has 1 atom stereocenters. The molecule has 3 heterocycles. The molecule has 118 valence electrons. The van der Waals surface area contributed by atoms with E-state index < -0.39 is 0 Å². The van der Waals surface area contributed by atoms with Gasteiger partial charge in [-0.15, -0.1) is 0 Å². The molecule has 0 spiro atoms. The molecule has 1 fully saturated rings. The van der Waals surface area contributed by atoms with E-state index in [0.717, 1.165) is 48.3 Å². The predicted octanol–water partition coefficient (Wildman–Crippen LogP) is 2.48. The highest BCUT2D eigenvalue weighted by Crippen LogP contribution is 2.33. The van der Waals surface area contributed by atoms with E-state index in [9.17, 15) is 0 Å². The van der Waals surface area contributed by atoms with Gasteiger partial charge < -0.3 is 9.42 Å². The molecule has 2 aromatic rings. The van der Waals surface area contributed by atoms with Crippen LogP contribution in [0, 0.1) is 13.8 Å². The number of nitrogens with zero attached hydrogens (tertiary/aromatic N) is 5. The van der Waals surface area contributed by atoms with Crippen molar-refractivity contribution in [3.05, 3.63) is 35.1 Å². The number of aromatic nitrogens is 3. The zero-order valence-corrected chi connectivity index (χ0v) is 13.7. The Hall–Kier alpha value is -1.95. The summed E-state index contributed by atoms with van der Waals surface area (Å²) >= 11 is 0. The molecule has 0 N–H and O–H groups in total. The second kappa shape index (κ2) is 6.04. The normalized spacial score (nSPS) is 18.8. The lowest BCUT2D eigenvalue weighted by atomic mass is 10.1. The number of rotatable bonds is 4. The number of aryl methyl sites for hydroxylation is 2. The van der Waals surface area contributed by atoms with Crippen molar-refractivity contribution in [3.8, 4) is 0 Å². The van der Waals surface area contributed by atoms with Crippen LogP contribution in [0.2, 0.25) is 0 Å². The van der Waals surface area contributed by atoms with Gasteiger partial charge in [-0.1, -0.05) is 5.16 Å². The van der Waals surface area contributed by atoms with Gasteiger partial charge in [0.05, 0.1) is 17.4 Å². The molecular formula is C16H23N5O. The van der Waals surface area contributed by atoms with E-state index >= 15 is 0 Å². The molecule has 1 aliphatic heterocycles. The molecule has 0 bridgehead atoms. The lowest BCUT2D eigenvalue weighted by Gasteiger charge is -2.24. The summed E-state index contributed by atoms with van der Waals surface area (Å²) in [6.07, 6.45) is 2.31. The van der Waals surface area contributed by atoms with Crippen molar-refractivity contribution in [2.45, 2.75) is 39.3 Å². The second-order valence-electron chi connectivity index (χ2n) is 6.15. The van der Waals surface area contributed by atoms with Crippen molar-refractivity contribution >= 4 is 5.82 Å². The van der Waals surface area contributed by atoms with E-state index in [2.05, 4.69) is 26.1 Å². The Morgan fingerprint density at radius 2 is 2.09 bits per heavy atom. The van der Waals surface area contributed by atoms with Crippen molar-refractivity contribution in [3.63, 3.8) is 0 Å². The maximum atomic E-state index is 5.18. The average Bonchev–Trinajstić information content (AvgIpc) is 3.08. The predicted molar refractivity (Wildman–Crippen MR) is 84.7 cm³/mol. The van der Waals surface area contributed by atoms with Crippen LogP contribution in [0.15, 0.2) is 16.7 Å². The number of hydrogen-bond acceptors (Lipinski definition) is 6. The first-order chi connectivity index (χ1) is 10.5. The van der Waals surface area contributed by atoms with Crippen LogP contribution in [-0.4, -0.2) is 40.7 Å². The zero-order valence-electron chi connectivity index (χ0n) is 13.7. The monoisotopic (exact) mass is 301 g/mol. The van der Waals surface area contributed by atoms with Crippen molar-refractivity contribution in [1.82, 2.24) is 20.0 Å². The molecule has 2 aromatic heterocycles. The van der Waals surface area contributed by atoms with Gasteiger partial charge in [0.1, 0.15) is 17.4 Å². The summed E-state index contributed by atoms with van der Waals surface area (Å²) in [5.74, 6) is 2.65. The first-order valence-corrected chi connectivity index (χ1v) is 7.72. The van der Waals surface area contributed by atoms with Gasteiger partial charge in [0, 0.05) is 32.8 Å². The Morgan fingerprint density at radius 1 is 1.27 bits per heavy atom. The molecule has 0 aliphatic carbocycles. The van der Waals surface area contributed by atoms with E-state index in [4.69, 9.17) is 4.52 Å². The molecule has 3 rings (SSSR count). The van der Waals surface area contributed by atoms with Crippen LogP contribution in [0.1, 0.15) is 41.9 Å². The molecule has 0 amide bonds. The largest absolute Gasteiger partial charge is 0.363 e. The first-order valence-electron chi connectivity index (χ1n) is 7.72. The third kappa shape index (κ3) is 3.11. The topological polar surface area (TPSA) is 58.3 Å². The van der Waals surface area contributed by atoms with Gasteiger partial charge in [0.15, 0.2) is 0 Å². The van der Waals surface area contributed by atoms with E-state index in [1.165, 1.54) is 6.42 Å². The summed E-state index contributed by atoms with van der Waals surface area (Å²) in [5.41, 5.74) is 2.09. The van der Waals surface area contributed by atoms with E-state index in [-0.39, 0.29) is 0 Å². The van der Waals surface area contributed by atoms with Crippen molar-refractivity contribution in [2.24, 2.45) is 0 Å². The van der Waals surface area contributed by atoms with Crippen molar-refractivity contribution in [2.75, 3.05) is 25.5 Å². The van der Waals surface area contributed by atoms with Crippen LogP contribution in [0.25, 0.3) is 0 Å². The van der Waals surface area contributed by atoms with Crippen LogP contribution in [-0.2, 0) is 6.54 Å². The molecule has 0 aromatic carbocycles. The molecule has 0 radical (unpaired) electrons. The quantitative estimate of drug-likeness (QED) is 0.864. The minimum Gasteiger partial charge on any atom is -0.363 e. The Labute approximate surface area is 131 Å². The molecule has 0 unspecified atom stereocenters. The molecular weight excluding hydrogens is 278 g/mol. The lowest BCUT2D eigenvalue weighted by Crippen LogP contribution is -2.24. The highest BCUT2D eigenvalue weighted by atomic mass is 16.5. The summed E-state index contributed by atoms with van der Waals surface area (Å²) in [7, 11) is 4.02. The molecule has 0 saturated carbocycles. The zero-order chi connectivity index (χ0) is 15.7. The molecule has 1 saturated heterocycles. The second-order valence-corrected chi connectivity index (χ2v) is 6.15. The molecule has 1 aliphatic rings. The van der Waals surface area contributed by atoms with Crippen LogP contribution < -0.4 is 4.90 Å². The fourth-order valence-electron chi connectivity index (χ4n) is 3.03. The lowest BCUT2D eigenvalue weighted by molar-refractivity contribution is 0.236. The van der Waals surface area contributed by atoms with E-state index in [1.54, 1.807) is 0 Å². The maximum Gasteiger partial charge on any atom is 0.133 e. The summed E-state index contributed by atoms with van der Waals surface area (Å²) in [6, 6.07) is 4.44. The average molecular weight is 301 g/mol.